The summed E-state index contributed by atoms with van der Waals surface area (Å²) >= 11 is 3.39. The van der Waals surface area contributed by atoms with Gasteiger partial charge < -0.3 is 14.4 Å². The lowest BCUT2D eigenvalue weighted by Crippen LogP contribution is -2.40. The number of pyridine rings is 1. The number of nitrogens with zero attached hydrogens (tertiary/aromatic N) is 3. The Morgan fingerprint density at radius 1 is 1.50 bits per heavy atom. The van der Waals surface area contributed by atoms with Crippen molar-refractivity contribution < 1.29 is 19.1 Å². The van der Waals surface area contributed by atoms with E-state index >= 15 is 0 Å². The number of carbonyl (C=O) groups excluding carboxylic acids is 2. The summed E-state index contributed by atoms with van der Waals surface area (Å²) in [6, 6.07) is 3.68. The van der Waals surface area contributed by atoms with E-state index in [0.717, 1.165) is 10.9 Å². The van der Waals surface area contributed by atoms with Gasteiger partial charge in [0, 0.05) is 19.2 Å². The fourth-order valence-corrected chi connectivity index (χ4v) is 2.85. The number of cyclic esters (lactones) is 1. The number of amides is 2. The van der Waals surface area contributed by atoms with Gasteiger partial charge in [-0.05, 0) is 28.1 Å². The highest BCUT2D eigenvalue weighted by atomic mass is 79.9. The van der Waals surface area contributed by atoms with Crippen LogP contribution in [0.25, 0.3) is 0 Å². The molecule has 1 atom stereocenters. The van der Waals surface area contributed by atoms with Crippen LogP contribution in [0.1, 0.15) is 6.42 Å². The van der Waals surface area contributed by atoms with Gasteiger partial charge in [0.1, 0.15) is 19.3 Å². The Kier molecular flexibility index (Phi) is 4.47. The lowest BCUT2D eigenvalue weighted by atomic mass is 10.3. The van der Waals surface area contributed by atoms with E-state index in [2.05, 4.69) is 20.9 Å². The Bertz CT molecular complexity index is 583. The predicted octanol–water partition coefficient (Wildman–Crippen LogP) is 1.28. The van der Waals surface area contributed by atoms with Gasteiger partial charge in [0.05, 0.1) is 17.6 Å². The average molecular weight is 370 g/mol. The molecule has 0 radical (unpaired) electrons. The van der Waals surface area contributed by atoms with Crippen molar-refractivity contribution in [3.63, 3.8) is 0 Å². The normalized spacial score (nSPS) is 21.1. The molecular formula is C14H16BrN3O4. The summed E-state index contributed by atoms with van der Waals surface area (Å²) in [5.41, 5.74) is 0. The minimum Gasteiger partial charge on any atom is -0.472 e. The summed E-state index contributed by atoms with van der Waals surface area (Å²) in [7, 11) is 0. The zero-order chi connectivity index (χ0) is 15.5. The van der Waals surface area contributed by atoms with Crippen molar-refractivity contribution in [3.05, 3.63) is 22.8 Å². The predicted molar refractivity (Wildman–Crippen MR) is 80.5 cm³/mol. The van der Waals surface area contributed by atoms with Gasteiger partial charge in [0.25, 0.3) is 0 Å². The summed E-state index contributed by atoms with van der Waals surface area (Å²) in [6.45, 7) is 2.02. The Labute approximate surface area is 136 Å². The standard InChI is InChI=1S/C14H16BrN3O4/c15-11-2-1-4-16-13(11)22-10-3-5-17(8-10)12(19)9-18-6-7-21-14(18)20/h1-2,4,10H,3,5-9H2/t10-/m0/s1. The van der Waals surface area contributed by atoms with Crippen molar-refractivity contribution in [2.75, 3.05) is 32.8 Å². The molecule has 3 heterocycles. The number of likely N-dealkylation sites (tertiary alicyclic amines) is 1. The van der Waals surface area contributed by atoms with E-state index in [0.29, 0.717) is 32.1 Å². The minimum absolute atomic E-state index is 0.0683. The maximum absolute atomic E-state index is 12.2. The van der Waals surface area contributed by atoms with Crippen LogP contribution in [0.3, 0.4) is 0 Å². The second-order valence-corrected chi connectivity index (χ2v) is 6.05. The highest BCUT2D eigenvalue weighted by Crippen LogP contribution is 2.24. The molecule has 2 fully saturated rings. The monoisotopic (exact) mass is 369 g/mol. The SMILES string of the molecule is O=C(CN1CCOC1=O)N1CC[C@H](Oc2ncccc2Br)C1. The first-order valence-electron chi connectivity index (χ1n) is 7.10. The third kappa shape index (κ3) is 3.32. The highest BCUT2D eigenvalue weighted by molar-refractivity contribution is 9.10. The first-order valence-corrected chi connectivity index (χ1v) is 7.89. The minimum atomic E-state index is -0.419. The molecule has 0 unspecified atom stereocenters. The van der Waals surface area contributed by atoms with Crippen LogP contribution in [-0.2, 0) is 9.53 Å². The molecule has 0 aromatic carbocycles. The molecule has 2 amide bonds. The van der Waals surface area contributed by atoms with Crippen molar-refractivity contribution in [2.24, 2.45) is 0 Å². The fourth-order valence-electron chi connectivity index (χ4n) is 2.50. The van der Waals surface area contributed by atoms with E-state index in [9.17, 15) is 9.59 Å². The van der Waals surface area contributed by atoms with Crippen LogP contribution in [0.4, 0.5) is 4.79 Å². The van der Waals surface area contributed by atoms with Crippen molar-refractivity contribution >= 4 is 27.9 Å². The first-order chi connectivity index (χ1) is 10.6. The van der Waals surface area contributed by atoms with Crippen LogP contribution < -0.4 is 4.74 Å². The van der Waals surface area contributed by atoms with Crippen molar-refractivity contribution in [1.82, 2.24) is 14.8 Å². The van der Waals surface area contributed by atoms with Gasteiger partial charge in [-0.2, -0.15) is 0 Å². The Morgan fingerprint density at radius 2 is 2.36 bits per heavy atom. The Morgan fingerprint density at radius 3 is 3.09 bits per heavy atom. The van der Waals surface area contributed by atoms with Gasteiger partial charge in [0.2, 0.25) is 11.8 Å². The van der Waals surface area contributed by atoms with E-state index in [1.807, 2.05) is 12.1 Å². The summed E-state index contributed by atoms with van der Waals surface area (Å²) in [5.74, 6) is 0.454. The molecule has 3 rings (SSSR count). The molecule has 0 bridgehead atoms. The van der Waals surface area contributed by atoms with Crippen molar-refractivity contribution in [1.29, 1.82) is 0 Å². The maximum Gasteiger partial charge on any atom is 0.410 e. The van der Waals surface area contributed by atoms with Gasteiger partial charge in [-0.1, -0.05) is 0 Å². The average Bonchev–Trinajstić information content (AvgIpc) is 3.12. The van der Waals surface area contributed by atoms with Gasteiger partial charge in [-0.3, -0.25) is 9.69 Å². The third-order valence-corrected chi connectivity index (χ3v) is 4.28. The molecule has 0 aliphatic carbocycles. The molecule has 0 saturated carbocycles. The van der Waals surface area contributed by atoms with Crippen LogP contribution >= 0.6 is 15.9 Å². The smallest absolute Gasteiger partial charge is 0.410 e. The van der Waals surface area contributed by atoms with Crippen molar-refractivity contribution in [2.45, 2.75) is 12.5 Å². The van der Waals surface area contributed by atoms with E-state index in [-0.39, 0.29) is 18.6 Å². The van der Waals surface area contributed by atoms with Crippen LogP contribution in [0.5, 0.6) is 5.88 Å². The van der Waals surface area contributed by atoms with Crippen LogP contribution in [0, 0.1) is 0 Å². The summed E-state index contributed by atoms with van der Waals surface area (Å²) in [4.78, 5) is 30.9. The van der Waals surface area contributed by atoms with Crippen LogP contribution in [0.2, 0.25) is 0 Å². The summed E-state index contributed by atoms with van der Waals surface area (Å²) in [5, 5.41) is 0. The quantitative estimate of drug-likeness (QED) is 0.799. The first kappa shape index (κ1) is 15.1. The van der Waals surface area contributed by atoms with E-state index in [1.165, 1.54) is 4.90 Å². The number of halogens is 1. The molecule has 8 heteroatoms. The molecule has 2 aliphatic rings. The Hall–Kier alpha value is -1.83. The zero-order valence-electron chi connectivity index (χ0n) is 11.9. The number of hydrogen-bond donors (Lipinski definition) is 0. The zero-order valence-corrected chi connectivity index (χ0v) is 13.5. The third-order valence-electron chi connectivity index (χ3n) is 3.67. The molecule has 118 valence electrons. The van der Waals surface area contributed by atoms with E-state index < -0.39 is 6.09 Å². The number of rotatable bonds is 4. The van der Waals surface area contributed by atoms with Gasteiger partial charge in [0.15, 0.2) is 0 Å². The lowest BCUT2D eigenvalue weighted by molar-refractivity contribution is -0.130. The molecular weight excluding hydrogens is 354 g/mol. The summed E-state index contributed by atoms with van der Waals surface area (Å²) < 4.78 is 11.4. The molecule has 1 aromatic rings. The number of carbonyl (C=O) groups is 2. The van der Waals surface area contributed by atoms with Gasteiger partial charge in [-0.15, -0.1) is 0 Å². The van der Waals surface area contributed by atoms with E-state index in [1.54, 1.807) is 11.1 Å². The van der Waals surface area contributed by atoms with Crippen molar-refractivity contribution in [3.8, 4) is 5.88 Å². The Balaban J connectivity index is 1.52. The number of ether oxygens (including phenoxy) is 2. The van der Waals surface area contributed by atoms with Crippen LogP contribution in [-0.4, -0.2) is 65.7 Å². The fraction of sp³-hybridized carbons (Fsp3) is 0.500. The molecule has 2 aliphatic heterocycles. The molecule has 22 heavy (non-hydrogen) atoms. The molecule has 2 saturated heterocycles. The second-order valence-electron chi connectivity index (χ2n) is 5.19. The largest absolute Gasteiger partial charge is 0.472 e. The molecule has 1 aromatic heterocycles. The molecule has 0 N–H and O–H groups in total. The van der Waals surface area contributed by atoms with E-state index in [4.69, 9.17) is 9.47 Å². The summed E-state index contributed by atoms with van der Waals surface area (Å²) in [6.07, 6.45) is 1.91. The highest BCUT2D eigenvalue weighted by Gasteiger charge is 2.31. The van der Waals surface area contributed by atoms with Crippen LogP contribution in [0.15, 0.2) is 22.8 Å². The molecule has 0 spiro atoms. The lowest BCUT2D eigenvalue weighted by Gasteiger charge is -2.20. The number of hydrogen-bond acceptors (Lipinski definition) is 5. The topological polar surface area (TPSA) is 72.0 Å². The van der Waals surface area contributed by atoms with Gasteiger partial charge in [-0.25, -0.2) is 9.78 Å². The maximum atomic E-state index is 12.2. The van der Waals surface area contributed by atoms with Gasteiger partial charge >= 0.3 is 6.09 Å². The second kappa shape index (κ2) is 6.51. The number of aromatic nitrogens is 1. The molecule has 7 nitrogen and oxygen atoms in total.